The average molecular weight is 191 g/mol. The molecular weight excluding hydrogens is 178 g/mol. The third-order valence-electron chi connectivity index (χ3n) is 2.04. The van der Waals surface area contributed by atoms with E-state index in [1.807, 2.05) is 6.92 Å². The molecule has 0 aliphatic carbocycles. The molecule has 1 aromatic rings. The molecule has 3 nitrogen and oxygen atoms in total. The van der Waals surface area contributed by atoms with Gasteiger partial charge in [-0.15, -0.1) is 6.42 Å². The van der Waals surface area contributed by atoms with Crippen molar-refractivity contribution in [2.45, 2.75) is 13.8 Å². The third kappa shape index (κ3) is 1.97. The Bertz CT molecular complexity index is 360. The quantitative estimate of drug-likeness (QED) is 0.681. The Hall–Kier alpha value is -1.69. The van der Waals surface area contributed by atoms with Crippen LogP contribution in [-0.4, -0.2) is 23.9 Å². The van der Waals surface area contributed by atoms with E-state index in [9.17, 15) is 4.79 Å². The molecule has 0 spiro atoms. The molecule has 0 atom stereocenters. The second kappa shape index (κ2) is 4.52. The lowest BCUT2D eigenvalue weighted by molar-refractivity contribution is 0.0783. The number of rotatable bonds is 3. The van der Waals surface area contributed by atoms with Crippen LogP contribution >= 0.6 is 0 Å². The molecule has 1 amide bonds. The largest absolute Gasteiger partial charge is 0.469 e. The summed E-state index contributed by atoms with van der Waals surface area (Å²) >= 11 is 0. The molecule has 1 heterocycles. The molecule has 1 rings (SSSR count). The summed E-state index contributed by atoms with van der Waals surface area (Å²) in [5.41, 5.74) is 0.585. The molecule has 0 aliphatic heterocycles. The van der Waals surface area contributed by atoms with Crippen LogP contribution in [0.25, 0.3) is 0 Å². The second-order valence-electron chi connectivity index (χ2n) is 2.91. The lowest BCUT2D eigenvalue weighted by Gasteiger charge is -2.17. The third-order valence-corrected chi connectivity index (χ3v) is 2.04. The van der Waals surface area contributed by atoms with Crippen LogP contribution in [0.1, 0.15) is 23.0 Å². The van der Waals surface area contributed by atoms with E-state index in [4.69, 9.17) is 10.8 Å². The first kappa shape index (κ1) is 10.4. The van der Waals surface area contributed by atoms with Gasteiger partial charge < -0.3 is 9.32 Å². The van der Waals surface area contributed by atoms with Gasteiger partial charge in [-0.1, -0.05) is 5.92 Å². The minimum atomic E-state index is -0.0725. The van der Waals surface area contributed by atoms with Gasteiger partial charge in [0.15, 0.2) is 0 Å². The SMILES string of the molecule is C#CCN(CC)C(=O)c1ccoc1C. The summed E-state index contributed by atoms with van der Waals surface area (Å²) in [5.74, 6) is 3.01. The van der Waals surface area contributed by atoms with E-state index in [-0.39, 0.29) is 5.91 Å². The number of hydrogen-bond donors (Lipinski definition) is 0. The molecule has 0 aromatic carbocycles. The van der Waals surface area contributed by atoms with Crippen molar-refractivity contribution in [2.24, 2.45) is 0 Å². The molecule has 0 fully saturated rings. The molecular formula is C11H13NO2. The van der Waals surface area contributed by atoms with Gasteiger partial charge >= 0.3 is 0 Å². The van der Waals surface area contributed by atoms with E-state index in [0.717, 1.165) is 0 Å². The number of amides is 1. The highest BCUT2D eigenvalue weighted by Gasteiger charge is 2.16. The Morgan fingerprint density at radius 1 is 1.71 bits per heavy atom. The van der Waals surface area contributed by atoms with Crippen molar-refractivity contribution >= 4 is 5.91 Å². The van der Waals surface area contributed by atoms with Crippen LogP contribution in [0.4, 0.5) is 0 Å². The molecule has 14 heavy (non-hydrogen) atoms. The van der Waals surface area contributed by atoms with E-state index in [0.29, 0.717) is 24.4 Å². The Morgan fingerprint density at radius 2 is 2.43 bits per heavy atom. The molecule has 0 bridgehead atoms. The van der Waals surface area contributed by atoms with E-state index >= 15 is 0 Å². The van der Waals surface area contributed by atoms with Crippen molar-refractivity contribution in [1.29, 1.82) is 0 Å². The van der Waals surface area contributed by atoms with Gasteiger partial charge in [0.05, 0.1) is 18.4 Å². The fourth-order valence-electron chi connectivity index (χ4n) is 1.21. The fraction of sp³-hybridized carbons (Fsp3) is 0.364. The number of hydrogen-bond acceptors (Lipinski definition) is 2. The fourth-order valence-corrected chi connectivity index (χ4v) is 1.21. The highest BCUT2D eigenvalue weighted by atomic mass is 16.3. The monoisotopic (exact) mass is 191 g/mol. The zero-order chi connectivity index (χ0) is 10.6. The van der Waals surface area contributed by atoms with E-state index < -0.39 is 0 Å². The predicted molar refractivity (Wildman–Crippen MR) is 53.9 cm³/mol. The maximum atomic E-state index is 11.8. The second-order valence-corrected chi connectivity index (χ2v) is 2.91. The maximum absolute atomic E-state index is 11.8. The summed E-state index contributed by atoms with van der Waals surface area (Å²) in [6.07, 6.45) is 6.67. The zero-order valence-electron chi connectivity index (χ0n) is 8.41. The van der Waals surface area contributed by atoms with Gasteiger partial charge in [-0.05, 0) is 19.9 Å². The van der Waals surface area contributed by atoms with Crippen molar-refractivity contribution in [3.63, 3.8) is 0 Å². The summed E-state index contributed by atoms with van der Waals surface area (Å²) < 4.78 is 5.06. The van der Waals surface area contributed by atoms with E-state index in [2.05, 4.69) is 5.92 Å². The van der Waals surface area contributed by atoms with Crippen molar-refractivity contribution < 1.29 is 9.21 Å². The van der Waals surface area contributed by atoms with Crippen LogP contribution in [0.15, 0.2) is 16.7 Å². The first-order chi connectivity index (χ1) is 6.70. The summed E-state index contributed by atoms with van der Waals surface area (Å²) in [6, 6.07) is 1.66. The highest BCUT2D eigenvalue weighted by molar-refractivity contribution is 5.95. The van der Waals surface area contributed by atoms with Crippen molar-refractivity contribution in [2.75, 3.05) is 13.1 Å². The van der Waals surface area contributed by atoms with Gasteiger partial charge in [0.1, 0.15) is 5.76 Å². The standard InChI is InChI=1S/C11H13NO2/c1-4-7-12(5-2)11(13)10-6-8-14-9(10)3/h1,6,8H,5,7H2,2-3H3. The minimum absolute atomic E-state index is 0.0725. The van der Waals surface area contributed by atoms with E-state index in [1.165, 1.54) is 6.26 Å². The topological polar surface area (TPSA) is 33.5 Å². The van der Waals surface area contributed by atoms with Gasteiger partial charge in [-0.25, -0.2) is 0 Å². The van der Waals surface area contributed by atoms with Gasteiger partial charge in [0.2, 0.25) is 0 Å². The number of nitrogens with zero attached hydrogens (tertiary/aromatic N) is 1. The Labute approximate surface area is 83.7 Å². The van der Waals surface area contributed by atoms with Crippen LogP contribution in [0.2, 0.25) is 0 Å². The highest BCUT2D eigenvalue weighted by Crippen LogP contribution is 2.11. The van der Waals surface area contributed by atoms with Gasteiger partial charge in [0, 0.05) is 6.54 Å². The summed E-state index contributed by atoms with van der Waals surface area (Å²) in [4.78, 5) is 13.4. The zero-order valence-corrected chi connectivity index (χ0v) is 8.41. The smallest absolute Gasteiger partial charge is 0.258 e. The van der Waals surface area contributed by atoms with E-state index in [1.54, 1.807) is 17.9 Å². The van der Waals surface area contributed by atoms with Crippen LogP contribution in [0, 0.1) is 19.3 Å². The molecule has 0 saturated heterocycles. The Balaban J connectivity index is 2.84. The van der Waals surface area contributed by atoms with Crippen LogP contribution in [-0.2, 0) is 0 Å². The molecule has 0 unspecified atom stereocenters. The summed E-state index contributed by atoms with van der Waals surface area (Å²) in [5, 5.41) is 0. The van der Waals surface area contributed by atoms with Crippen LogP contribution in [0.3, 0.4) is 0 Å². The van der Waals surface area contributed by atoms with Crippen LogP contribution in [0.5, 0.6) is 0 Å². The van der Waals surface area contributed by atoms with Gasteiger partial charge in [0.25, 0.3) is 5.91 Å². The molecule has 0 N–H and O–H groups in total. The first-order valence-electron chi connectivity index (χ1n) is 4.47. The van der Waals surface area contributed by atoms with Gasteiger partial charge in [-0.2, -0.15) is 0 Å². The average Bonchev–Trinajstić information content (AvgIpc) is 2.59. The molecule has 74 valence electrons. The Morgan fingerprint density at radius 3 is 2.86 bits per heavy atom. The Kier molecular flexibility index (Phi) is 3.35. The van der Waals surface area contributed by atoms with Gasteiger partial charge in [-0.3, -0.25) is 4.79 Å². The summed E-state index contributed by atoms with van der Waals surface area (Å²) in [6.45, 7) is 4.59. The van der Waals surface area contributed by atoms with Crippen molar-refractivity contribution in [3.05, 3.63) is 23.7 Å². The minimum Gasteiger partial charge on any atom is -0.469 e. The number of carbonyl (C=O) groups is 1. The van der Waals surface area contributed by atoms with Crippen molar-refractivity contribution in [1.82, 2.24) is 4.90 Å². The number of carbonyl (C=O) groups excluding carboxylic acids is 1. The normalized spacial score (nSPS) is 9.50. The van der Waals surface area contributed by atoms with Crippen LogP contribution < -0.4 is 0 Å². The van der Waals surface area contributed by atoms with Crippen molar-refractivity contribution in [3.8, 4) is 12.3 Å². The lowest BCUT2D eigenvalue weighted by Crippen LogP contribution is -2.31. The number of terminal acetylenes is 1. The number of aryl methyl sites for hydroxylation is 1. The molecule has 3 heteroatoms. The number of furan rings is 1. The maximum Gasteiger partial charge on any atom is 0.258 e. The predicted octanol–water partition coefficient (Wildman–Crippen LogP) is 1.68. The summed E-state index contributed by atoms with van der Waals surface area (Å²) in [7, 11) is 0. The molecule has 0 saturated carbocycles. The molecule has 0 radical (unpaired) electrons. The first-order valence-corrected chi connectivity index (χ1v) is 4.47. The lowest BCUT2D eigenvalue weighted by atomic mass is 10.2. The molecule has 1 aromatic heterocycles. The molecule has 0 aliphatic rings.